The van der Waals surface area contributed by atoms with E-state index in [1.54, 1.807) is 12.1 Å². The van der Waals surface area contributed by atoms with E-state index >= 15 is 0 Å². The Hall–Kier alpha value is -2.57. The Morgan fingerprint density at radius 3 is 2.61 bits per heavy atom. The van der Waals surface area contributed by atoms with Gasteiger partial charge in [-0.15, -0.1) is 0 Å². The molecule has 28 heavy (non-hydrogen) atoms. The minimum atomic E-state index is -0.314. The zero-order valence-electron chi connectivity index (χ0n) is 15.9. The highest BCUT2D eigenvalue weighted by molar-refractivity contribution is 5.92. The number of ketones is 1. The fraction of sp³-hybridized carbons (Fsp3) is 0.364. The molecular formula is C22H25FN2O3. The Balaban J connectivity index is 1.72. The van der Waals surface area contributed by atoms with Crippen LogP contribution in [0.15, 0.2) is 53.5 Å². The van der Waals surface area contributed by atoms with Crippen LogP contribution in [0.5, 0.6) is 0 Å². The van der Waals surface area contributed by atoms with E-state index in [1.807, 2.05) is 6.92 Å². The van der Waals surface area contributed by atoms with Gasteiger partial charge in [-0.2, -0.15) is 0 Å². The summed E-state index contributed by atoms with van der Waals surface area (Å²) >= 11 is 0. The van der Waals surface area contributed by atoms with Crippen LogP contribution in [-0.4, -0.2) is 36.5 Å². The van der Waals surface area contributed by atoms with Crippen molar-refractivity contribution in [3.8, 4) is 0 Å². The van der Waals surface area contributed by atoms with Gasteiger partial charge in [-0.3, -0.25) is 20.1 Å². The first-order chi connectivity index (χ1) is 13.6. The number of Topliss-reactive ketones (excluding diaryl/α,β-unsaturated/α-hetero) is 1. The molecule has 3 rings (SSSR count). The van der Waals surface area contributed by atoms with Gasteiger partial charge in [-0.1, -0.05) is 42.0 Å². The third-order valence-electron chi connectivity index (χ3n) is 4.93. The van der Waals surface area contributed by atoms with E-state index in [2.05, 4.69) is 34.7 Å². The number of aliphatic imine (C=N–C) groups is 1. The van der Waals surface area contributed by atoms with Crippen LogP contribution in [0, 0.1) is 18.7 Å². The number of aliphatic hydroxyl groups excluding tert-OH is 1. The Morgan fingerprint density at radius 2 is 1.93 bits per heavy atom. The number of amidine groups is 1. The van der Waals surface area contributed by atoms with Crippen LogP contribution in [0.25, 0.3) is 0 Å². The summed E-state index contributed by atoms with van der Waals surface area (Å²) in [5, 5.41) is 8.91. The van der Waals surface area contributed by atoms with Gasteiger partial charge in [0.25, 0.3) is 0 Å². The fourth-order valence-electron chi connectivity index (χ4n) is 3.45. The maximum absolute atomic E-state index is 13.1. The number of hydroxylamine groups is 1. The molecule has 0 radical (unpaired) electrons. The number of nitrogens with zero attached hydrogens (tertiary/aromatic N) is 1. The van der Waals surface area contributed by atoms with Gasteiger partial charge in [-0.25, -0.2) is 4.39 Å². The molecule has 0 amide bonds. The first kappa shape index (κ1) is 20.2. The average molecular weight is 384 g/mol. The second kappa shape index (κ2) is 9.57. The van der Waals surface area contributed by atoms with Gasteiger partial charge in [-0.05, 0) is 30.2 Å². The van der Waals surface area contributed by atoms with Crippen molar-refractivity contribution >= 4 is 11.6 Å². The monoisotopic (exact) mass is 384 g/mol. The number of benzene rings is 2. The lowest BCUT2D eigenvalue weighted by atomic mass is 9.83. The van der Waals surface area contributed by atoms with Crippen molar-refractivity contribution in [2.75, 3.05) is 19.8 Å². The topological polar surface area (TPSA) is 70.9 Å². The quantitative estimate of drug-likeness (QED) is 0.542. The van der Waals surface area contributed by atoms with Crippen molar-refractivity contribution in [3.63, 3.8) is 0 Å². The number of hydrogen-bond acceptors (Lipinski definition) is 5. The predicted molar refractivity (Wildman–Crippen MR) is 106 cm³/mol. The van der Waals surface area contributed by atoms with Gasteiger partial charge in [0.2, 0.25) is 0 Å². The largest absolute Gasteiger partial charge is 0.394 e. The smallest absolute Gasteiger partial charge is 0.138 e. The summed E-state index contributed by atoms with van der Waals surface area (Å²) in [6.07, 6.45) is 0.562. The Kier molecular flexibility index (Phi) is 6.90. The summed E-state index contributed by atoms with van der Waals surface area (Å²) in [4.78, 5) is 22.5. The van der Waals surface area contributed by atoms with Crippen molar-refractivity contribution in [2.45, 2.75) is 25.7 Å². The van der Waals surface area contributed by atoms with Crippen LogP contribution in [0.3, 0.4) is 0 Å². The third kappa shape index (κ3) is 5.24. The second-order valence-electron chi connectivity index (χ2n) is 7.07. The first-order valence-corrected chi connectivity index (χ1v) is 9.42. The highest BCUT2D eigenvalue weighted by atomic mass is 19.1. The van der Waals surface area contributed by atoms with Crippen LogP contribution >= 0.6 is 0 Å². The molecule has 0 fully saturated rings. The number of carbonyl (C=O) groups is 1. The minimum absolute atomic E-state index is 0.0623. The number of rotatable bonds is 8. The number of halogens is 1. The number of hydrogen-bond donors (Lipinski definition) is 2. The SMILES string of the molecule is Cc1ccc([C@@H]2CN=C(NOCCO)[C@H]2CC(=O)Cc2ccc(F)cc2)cc1. The molecule has 1 aliphatic rings. The molecular weight excluding hydrogens is 359 g/mol. The highest BCUT2D eigenvalue weighted by Gasteiger charge is 2.34. The lowest BCUT2D eigenvalue weighted by Crippen LogP contribution is -2.33. The highest BCUT2D eigenvalue weighted by Crippen LogP contribution is 2.33. The van der Waals surface area contributed by atoms with Crippen molar-refractivity contribution in [1.82, 2.24) is 5.48 Å². The van der Waals surface area contributed by atoms with Crippen LogP contribution < -0.4 is 5.48 Å². The van der Waals surface area contributed by atoms with Gasteiger partial charge in [0.05, 0.1) is 13.2 Å². The molecule has 1 heterocycles. The summed E-state index contributed by atoms with van der Waals surface area (Å²) < 4.78 is 13.1. The summed E-state index contributed by atoms with van der Waals surface area (Å²) in [5.74, 6) is 0.331. The van der Waals surface area contributed by atoms with Crippen LogP contribution in [-0.2, 0) is 16.1 Å². The Bertz CT molecular complexity index is 819. The van der Waals surface area contributed by atoms with Crippen LogP contribution in [0.2, 0.25) is 0 Å². The van der Waals surface area contributed by atoms with E-state index in [0.29, 0.717) is 18.8 Å². The summed E-state index contributed by atoms with van der Waals surface area (Å²) in [5.41, 5.74) is 5.91. The van der Waals surface area contributed by atoms with Gasteiger partial charge < -0.3 is 5.11 Å². The molecule has 2 aromatic carbocycles. The van der Waals surface area contributed by atoms with Crippen LogP contribution in [0.4, 0.5) is 4.39 Å². The number of carbonyl (C=O) groups excluding carboxylic acids is 1. The van der Waals surface area contributed by atoms with Crippen molar-refractivity contribution in [2.24, 2.45) is 10.9 Å². The third-order valence-corrected chi connectivity index (χ3v) is 4.93. The van der Waals surface area contributed by atoms with Crippen molar-refractivity contribution in [1.29, 1.82) is 0 Å². The molecule has 2 aromatic rings. The van der Waals surface area contributed by atoms with E-state index in [0.717, 1.165) is 11.1 Å². The fourth-order valence-corrected chi connectivity index (χ4v) is 3.45. The molecule has 0 aromatic heterocycles. The summed E-state index contributed by atoms with van der Waals surface area (Å²) in [7, 11) is 0. The zero-order chi connectivity index (χ0) is 19.9. The van der Waals surface area contributed by atoms with Crippen molar-refractivity contribution in [3.05, 3.63) is 71.0 Å². The molecule has 2 atom stereocenters. The molecule has 0 saturated carbocycles. The molecule has 0 spiro atoms. The summed E-state index contributed by atoms with van der Waals surface area (Å²) in [6, 6.07) is 14.3. The van der Waals surface area contributed by atoms with E-state index in [-0.39, 0.29) is 43.1 Å². The molecule has 6 heteroatoms. The average Bonchev–Trinajstić information content (AvgIpc) is 3.07. The molecule has 0 aliphatic carbocycles. The maximum Gasteiger partial charge on any atom is 0.138 e. The first-order valence-electron chi connectivity index (χ1n) is 9.42. The van der Waals surface area contributed by atoms with Crippen molar-refractivity contribution < 1.29 is 19.1 Å². The lowest BCUT2D eigenvalue weighted by molar-refractivity contribution is -0.119. The number of aliphatic hydroxyl groups is 1. The molecule has 2 N–H and O–H groups in total. The zero-order valence-corrected chi connectivity index (χ0v) is 15.9. The molecule has 1 aliphatic heterocycles. The number of nitrogens with one attached hydrogen (secondary N) is 1. The van der Waals surface area contributed by atoms with Crippen LogP contribution in [0.1, 0.15) is 29.0 Å². The molecule has 5 nitrogen and oxygen atoms in total. The lowest BCUT2D eigenvalue weighted by Gasteiger charge is -2.21. The molecule has 0 bridgehead atoms. The van der Waals surface area contributed by atoms with E-state index in [1.165, 1.54) is 17.7 Å². The Labute approximate surface area is 164 Å². The Morgan fingerprint density at radius 1 is 1.21 bits per heavy atom. The second-order valence-corrected chi connectivity index (χ2v) is 7.07. The maximum atomic E-state index is 13.1. The van der Waals surface area contributed by atoms with Gasteiger partial charge >= 0.3 is 0 Å². The molecule has 0 saturated heterocycles. The van der Waals surface area contributed by atoms with E-state index in [4.69, 9.17) is 9.94 Å². The normalized spacial score (nSPS) is 18.8. The summed E-state index contributed by atoms with van der Waals surface area (Å²) in [6.45, 7) is 2.65. The van der Waals surface area contributed by atoms with Gasteiger partial charge in [0.15, 0.2) is 0 Å². The van der Waals surface area contributed by atoms with Gasteiger partial charge in [0, 0.05) is 31.2 Å². The number of aryl methyl sites for hydroxylation is 1. The van der Waals surface area contributed by atoms with E-state index in [9.17, 15) is 9.18 Å². The molecule has 148 valence electrons. The standard InChI is InChI=1S/C22H25FN2O3/c1-15-2-6-17(7-3-15)21-14-24-22(25-28-11-10-26)20(21)13-19(27)12-16-4-8-18(23)9-5-16/h2-9,20-21,26H,10-14H2,1H3,(H,24,25)/t20-,21-/m0/s1. The van der Waals surface area contributed by atoms with E-state index < -0.39 is 0 Å². The predicted octanol–water partition coefficient (Wildman–Crippen LogP) is 2.96. The van der Waals surface area contributed by atoms with Gasteiger partial charge in [0.1, 0.15) is 17.4 Å². The molecule has 0 unspecified atom stereocenters. The minimum Gasteiger partial charge on any atom is -0.394 e.